The minimum atomic E-state index is 0.230. The molecule has 4 rings (SSSR count). The molecule has 1 aromatic heterocycles. The number of aromatic amines is 1. The van der Waals surface area contributed by atoms with Crippen molar-refractivity contribution in [1.29, 1.82) is 0 Å². The van der Waals surface area contributed by atoms with Crippen LogP contribution < -0.4 is 0 Å². The zero-order valence-electron chi connectivity index (χ0n) is 14.8. The van der Waals surface area contributed by atoms with Gasteiger partial charge < -0.3 is 10.1 Å². The lowest BCUT2D eigenvalue weighted by atomic mass is 9.99. The van der Waals surface area contributed by atoms with Crippen molar-refractivity contribution < 1.29 is 5.11 Å². The number of benzene rings is 3. The number of nitrogens with zero attached hydrogens (tertiary/aromatic N) is 1. The van der Waals surface area contributed by atoms with E-state index in [4.69, 9.17) is 4.98 Å². The number of H-pyrrole nitrogens is 1. The summed E-state index contributed by atoms with van der Waals surface area (Å²) in [5.41, 5.74) is 7.37. The van der Waals surface area contributed by atoms with E-state index in [2.05, 4.69) is 49.2 Å². The number of hydrogen-bond acceptors (Lipinski definition) is 2. The molecule has 0 atom stereocenters. The molecule has 0 radical (unpaired) electrons. The molecule has 0 unspecified atom stereocenters. The Morgan fingerprint density at radius 3 is 2.35 bits per heavy atom. The Hall–Kier alpha value is -3.33. The Morgan fingerprint density at radius 2 is 1.58 bits per heavy atom. The van der Waals surface area contributed by atoms with Crippen LogP contribution in [0.3, 0.4) is 0 Å². The predicted molar refractivity (Wildman–Crippen MR) is 106 cm³/mol. The van der Waals surface area contributed by atoms with Crippen molar-refractivity contribution in [2.75, 3.05) is 0 Å². The van der Waals surface area contributed by atoms with Gasteiger partial charge in [-0.2, -0.15) is 0 Å². The highest BCUT2D eigenvalue weighted by atomic mass is 16.3. The molecule has 128 valence electrons. The van der Waals surface area contributed by atoms with Crippen LogP contribution in [0.4, 0.5) is 0 Å². The van der Waals surface area contributed by atoms with Crippen molar-refractivity contribution in [3.05, 3.63) is 83.9 Å². The highest BCUT2D eigenvalue weighted by Crippen LogP contribution is 2.35. The first-order valence-corrected chi connectivity index (χ1v) is 8.64. The molecule has 0 spiro atoms. The number of hydrogen-bond donors (Lipinski definition) is 2. The summed E-state index contributed by atoms with van der Waals surface area (Å²) in [4.78, 5) is 8.36. The second kappa shape index (κ2) is 6.52. The molecule has 0 aliphatic rings. The van der Waals surface area contributed by atoms with Gasteiger partial charge in [0.1, 0.15) is 11.6 Å². The lowest BCUT2D eigenvalue weighted by molar-refractivity contribution is 0.475. The number of rotatable bonds is 3. The SMILES string of the molecule is Cc1ccc(C)c(-c2[nH]c(-c3cccc(O)c3)nc2-c2ccccc2)c1. The molecule has 0 bridgehead atoms. The minimum Gasteiger partial charge on any atom is -0.508 e. The number of phenolic OH excluding ortho intramolecular Hbond substituents is 1. The standard InChI is InChI=1S/C23H20N2O/c1-15-11-12-16(2)20(13-15)22-21(17-7-4-3-5-8-17)24-23(25-22)18-9-6-10-19(26)14-18/h3-14,26H,1-2H3,(H,24,25). The average Bonchev–Trinajstić information content (AvgIpc) is 3.10. The van der Waals surface area contributed by atoms with Crippen molar-refractivity contribution >= 4 is 0 Å². The summed E-state index contributed by atoms with van der Waals surface area (Å²) >= 11 is 0. The molecule has 2 N–H and O–H groups in total. The molecule has 0 aliphatic carbocycles. The molecule has 4 aromatic rings. The van der Waals surface area contributed by atoms with Gasteiger partial charge in [-0.05, 0) is 37.6 Å². The minimum absolute atomic E-state index is 0.230. The molecule has 0 saturated heterocycles. The number of nitrogens with one attached hydrogen (secondary N) is 1. The maximum Gasteiger partial charge on any atom is 0.138 e. The first-order chi connectivity index (χ1) is 12.6. The topological polar surface area (TPSA) is 48.9 Å². The van der Waals surface area contributed by atoms with Gasteiger partial charge in [-0.25, -0.2) is 4.98 Å². The molecule has 0 saturated carbocycles. The molecule has 3 nitrogen and oxygen atoms in total. The number of aryl methyl sites for hydroxylation is 2. The van der Waals surface area contributed by atoms with Crippen LogP contribution >= 0.6 is 0 Å². The summed E-state index contributed by atoms with van der Waals surface area (Å²) < 4.78 is 0. The second-order valence-corrected chi connectivity index (χ2v) is 6.54. The van der Waals surface area contributed by atoms with Gasteiger partial charge in [0.05, 0.1) is 11.4 Å². The number of aromatic hydroxyl groups is 1. The maximum absolute atomic E-state index is 9.82. The summed E-state index contributed by atoms with van der Waals surface area (Å²) in [5.74, 6) is 0.976. The average molecular weight is 340 g/mol. The third-order valence-electron chi connectivity index (χ3n) is 4.53. The maximum atomic E-state index is 9.82. The fourth-order valence-corrected chi connectivity index (χ4v) is 3.17. The van der Waals surface area contributed by atoms with Crippen molar-refractivity contribution in [3.8, 4) is 39.7 Å². The van der Waals surface area contributed by atoms with E-state index in [1.54, 1.807) is 12.1 Å². The Kier molecular flexibility index (Phi) is 4.05. The Labute approximate surface area is 153 Å². The van der Waals surface area contributed by atoms with E-state index in [1.807, 2.05) is 30.3 Å². The van der Waals surface area contributed by atoms with E-state index >= 15 is 0 Å². The molecule has 0 aliphatic heterocycles. The molecular weight excluding hydrogens is 320 g/mol. The molecule has 26 heavy (non-hydrogen) atoms. The largest absolute Gasteiger partial charge is 0.508 e. The zero-order chi connectivity index (χ0) is 18.1. The van der Waals surface area contributed by atoms with E-state index in [1.165, 1.54) is 11.1 Å². The van der Waals surface area contributed by atoms with E-state index in [9.17, 15) is 5.11 Å². The van der Waals surface area contributed by atoms with Crippen molar-refractivity contribution in [2.24, 2.45) is 0 Å². The van der Waals surface area contributed by atoms with Crippen LogP contribution in [0.15, 0.2) is 72.8 Å². The summed E-state index contributed by atoms with van der Waals surface area (Å²) in [5, 5.41) is 9.82. The van der Waals surface area contributed by atoms with Crippen LogP contribution in [0, 0.1) is 13.8 Å². The highest BCUT2D eigenvalue weighted by molar-refractivity contribution is 5.82. The van der Waals surface area contributed by atoms with E-state index in [-0.39, 0.29) is 5.75 Å². The predicted octanol–water partition coefficient (Wildman–Crippen LogP) is 5.73. The number of phenols is 1. The van der Waals surface area contributed by atoms with Gasteiger partial charge in [0.15, 0.2) is 0 Å². The molecular formula is C23H20N2O. The Bertz CT molecular complexity index is 1060. The van der Waals surface area contributed by atoms with Crippen molar-refractivity contribution in [3.63, 3.8) is 0 Å². The number of aromatic nitrogens is 2. The van der Waals surface area contributed by atoms with Crippen LogP contribution in [0.25, 0.3) is 33.9 Å². The van der Waals surface area contributed by atoms with Gasteiger partial charge >= 0.3 is 0 Å². The van der Waals surface area contributed by atoms with E-state index < -0.39 is 0 Å². The third kappa shape index (κ3) is 3.00. The summed E-state index contributed by atoms with van der Waals surface area (Å²) in [7, 11) is 0. The lowest BCUT2D eigenvalue weighted by Gasteiger charge is -2.08. The van der Waals surface area contributed by atoms with Crippen molar-refractivity contribution in [2.45, 2.75) is 13.8 Å². The Morgan fingerprint density at radius 1 is 0.808 bits per heavy atom. The van der Waals surface area contributed by atoms with Crippen LogP contribution in [0.2, 0.25) is 0 Å². The van der Waals surface area contributed by atoms with Crippen LogP contribution in [-0.4, -0.2) is 15.1 Å². The summed E-state index contributed by atoms with van der Waals surface area (Å²) in [6.07, 6.45) is 0. The molecule has 1 heterocycles. The van der Waals surface area contributed by atoms with Gasteiger partial charge in [-0.15, -0.1) is 0 Å². The van der Waals surface area contributed by atoms with Gasteiger partial charge in [-0.3, -0.25) is 0 Å². The van der Waals surface area contributed by atoms with Gasteiger partial charge in [0.2, 0.25) is 0 Å². The molecule has 3 heteroatoms. The smallest absolute Gasteiger partial charge is 0.138 e. The van der Waals surface area contributed by atoms with Gasteiger partial charge in [0, 0.05) is 16.7 Å². The fourth-order valence-electron chi connectivity index (χ4n) is 3.17. The Balaban J connectivity index is 1.96. The third-order valence-corrected chi connectivity index (χ3v) is 4.53. The first-order valence-electron chi connectivity index (χ1n) is 8.64. The van der Waals surface area contributed by atoms with Crippen LogP contribution in [0.5, 0.6) is 5.75 Å². The first kappa shape index (κ1) is 16.2. The van der Waals surface area contributed by atoms with Gasteiger partial charge in [-0.1, -0.05) is 60.2 Å². The van der Waals surface area contributed by atoms with Gasteiger partial charge in [0.25, 0.3) is 0 Å². The zero-order valence-corrected chi connectivity index (χ0v) is 14.8. The van der Waals surface area contributed by atoms with E-state index in [0.717, 1.165) is 33.9 Å². The fraction of sp³-hybridized carbons (Fsp3) is 0.0870. The number of imidazole rings is 1. The monoisotopic (exact) mass is 340 g/mol. The molecule has 0 amide bonds. The van der Waals surface area contributed by atoms with Crippen molar-refractivity contribution in [1.82, 2.24) is 9.97 Å². The van der Waals surface area contributed by atoms with E-state index in [0.29, 0.717) is 0 Å². The molecule has 0 fully saturated rings. The van der Waals surface area contributed by atoms with Crippen LogP contribution in [-0.2, 0) is 0 Å². The molecule has 3 aromatic carbocycles. The second-order valence-electron chi connectivity index (χ2n) is 6.54. The summed E-state index contributed by atoms with van der Waals surface area (Å²) in [6, 6.07) is 23.8. The summed E-state index contributed by atoms with van der Waals surface area (Å²) in [6.45, 7) is 4.20. The highest BCUT2D eigenvalue weighted by Gasteiger charge is 2.17. The quantitative estimate of drug-likeness (QED) is 0.500. The lowest BCUT2D eigenvalue weighted by Crippen LogP contribution is -1.88. The normalized spacial score (nSPS) is 10.8. The van der Waals surface area contributed by atoms with Crippen LogP contribution in [0.1, 0.15) is 11.1 Å².